The first-order valence-electron chi connectivity index (χ1n) is 10.8. The highest BCUT2D eigenvalue weighted by molar-refractivity contribution is 6.11. The van der Waals surface area contributed by atoms with E-state index in [4.69, 9.17) is 5.73 Å². The second-order valence-electron chi connectivity index (χ2n) is 8.13. The number of nitrogens with two attached hydrogens (primary N) is 1. The summed E-state index contributed by atoms with van der Waals surface area (Å²) in [6, 6.07) is 42.7. The summed E-state index contributed by atoms with van der Waals surface area (Å²) in [6.45, 7) is 0. The van der Waals surface area contributed by atoms with Crippen LogP contribution < -0.4 is 5.73 Å². The molecule has 6 aromatic rings. The normalized spacial score (nSPS) is 11.2. The summed E-state index contributed by atoms with van der Waals surface area (Å²) in [5.41, 5.74) is 15.2. The SMILES string of the molecule is Nc1cccc(-n2c3ccc(-c4ccccc4)cc3c3cc(-c4ccccc4)ccc32)c1. The summed E-state index contributed by atoms with van der Waals surface area (Å²) >= 11 is 0. The zero-order valence-corrected chi connectivity index (χ0v) is 17.6. The number of nitrogens with zero attached hydrogens (tertiary/aromatic N) is 1. The molecule has 0 aliphatic rings. The molecule has 1 aromatic heterocycles. The average molecular weight is 411 g/mol. The van der Waals surface area contributed by atoms with E-state index in [1.54, 1.807) is 0 Å². The molecule has 0 amide bonds. The number of hydrogen-bond donors (Lipinski definition) is 1. The lowest BCUT2D eigenvalue weighted by molar-refractivity contribution is 1.18. The van der Waals surface area contributed by atoms with E-state index in [9.17, 15) is 0 Å². The third-order valence-electron chi connectivity index (χ3n) is 6.11. The molecule has 32 heavy (non-hydrogen) atoms. The maximum Gasteiger partial charge on any atom is 0.0541 e. The van der Waals surface area contributed by atoms with Crippen LogP contribution >= 0.6 is 0 Å². The molecule has 0 saturated heterocycles. The van der Waals surface area contributed by atoms with Gasteiger partial charge in [0.15, 0.2) is 0 Å². The zero-order valence-electron chi connectivity index (χ0n) is 17.6. The lowest BCUT2D eigenvalue weighted by atomic mass is 10.0. The maximum atomic E-state index is 6.14. The highest BCUT2D eigenvalue weighted by Crippen LogP contribution is 2.37. The number of fused-ring (bicyclic) bond motifs is 3. The van der Waals surface area contributed by atoms with Gasteiger partial charge in [0.1, 0.15) is 0 Å². The van der Waals surface area contributed by atoms with Crippen LogP contribution in [0.5, 0.6) is 0 Å². The van der Waals surface area contributed by atoms with Gasteiger partial charge in [-0.05, 0) is 64.7 Å². The molecule has 0 atom stereocenters. The first-order valence-corrected chi connectivity index (χ1v) is 10.8. The van der Waals surface area contributed by atoms with Crippen molar-refractivity contribution in [1.29, 1.82) is 0 Å². The minimum atomic E-state index is 0.763. The van der Waals surface area contributed by atoms with Crippen LogP contribution in [0.2, 0.25) is 0 Å². The predicted molar refractivity (Wildman–Crippen MR) is 136 cm³/mol. The fourth-order valence-corrected chi connectivity index (χ4v) is 4.59. The topological polar surface area (TPSA) is 30.9 Å². The van der Waals surface area contributed by atoms with Crippen molar-refractivity contribution in [2.24, 2.45) is 0 Å². The van der Waals surface area contributed by atoms with Gasteiger partial charge in [0.05, 0.1) is 11.0 Å². The Bertz CT molecular complexity index is 1460. The first kappa shape index (κ1) is 18.5. The molecule has 6 rings (SSSR count). The van der Waals surface area contributed by atoms with Gasteiger partial charge in [0.2, 0.25) is 0 Å². The summed E-state index contributed by atoms with van der Waals surface area (Å²) in [5, 5.41) is 2.48. The Morgan fingerprint density at radius 2 is 0.969 bits per heavy atom. The van der Waals surface area contributed by atoms with Crippen LogP contribution in [0.1, 0.15) is 0 Å². The molecule has 5 aromatic carbocycles. The molecule has 0 fully saturated rings. The van der Waals surface area contributed by atoms with Gasteiger partial charge in [-0.3, -0.25) is 0 Å². The zero-order chi connectivity index (χ0) is 21.5. The number of aromatic nitrogens is 1. The third-order valence-corrected chi connectivity index (χ3v) is 6.11. The standard InChI is InChI=1S/C30H22N2/c31-25-12-7-13-26(20-25)32-29-16-14-23(21-8-3-1-4-9-21)18-27(29)28-19-24(15-17-30(28)32)22-10-5-2-6-11-22/h1-20H,31H2. The van der Waals surface area contributed by atoms with Crippen molar-refractivity contribution >= 4 is 27.5 Å². The van der Waals surface area contributed by atoms with E-state index < -0.39 is 0 Å². The molecule has 0 saturated carbocycles. The third kappa shape index (κ3) is 3.05. The molecule has 0 unspecified atom stereocenters. The molecule has 0 spiro atoms. The molecule has 152 valence electrons. The monoisotopic (exact) mass is 410 g/mol. The van der Waals surface area contributed by atoms with E-state index in [0.717, 1.165) is 11.4 Å². The van der Waals surface area contributed by atoms with Gasteiger partial charge in [-0.15, -0.1) is 0 Å². The Labute approximate surface area is 187 Å². The van der Waals surface area contributed by atoms with Crippen molar-refractivity contribution in [3.05, 3.63) is 121 Å². The van der Waals surface area contributed by atoms with Crippen LogP contribution in [0.4, 0.5) is 5.69 Å². The van der Waals surface area contributed by atoms with E-state index in [-0.39, 0.29) is 0 Å². The highest BCUT2D eigenvalue weighted by Gasteiger charge is 2.14. The van der Waals surface area contributed by atoms with Gasteiger partial charge in [0.25, 0.3) is 0 Å². The number of anilines is 1. The van der Waals surface area contributed by atoms with Crippen molar-refractivity contribution in [2.75, 3.05) is 5.73 Å². The van der Waals surface area contributed by atoms with Crippen LogP contribution in [0, 0.1) is 0 Å². The molecule has 2 N–H and O–H groups in total. The summed E-state index contributed by atoms with van der Waals surface area (Å²) in [6.07, 6.45) is 0. The van der Waals surface area contributed by atoms with E-state index in [1.807, 2.05) is 18.2 Å². The molecule has 0 aliphatic heterocycles. The summed E-state index contributed by atoms with van der Waals surface area (Å²) in [4.78, 5) is 0. The molecule has 0 radical (unpaired) electrons. The highest BCUT2D eigenvalue weighted by atomic mass is 15.0. The van der Waals surface area contributed by atoms with Gasteiger partial charge in [-0.25, -0.2) is 0 Å². The molecular weight excluding hydrogens is 388 g/mol. The van der Waals surface area contributed by atoms with E-state index in [1.165, 1.54) is 44.1 Å². The van der Waals surface area contributed by atoms with Crippen LogP contribution in [-0.4, -0.2) is 4.57 Å². The van der Waals surface area contributed by atoms with Crippen LogP contribution in [0.3, 0.4) is 0 Å². The first-order chi connectivity index (χ1) is 15.8. The summed E-state index contributed by atoms with van der Waals surface area (Å²) < 4.78 is 2.31. The summed E-state index contributed by atoms with van der Waals surface area (Å²) in [5.74, 6) is 0. The Balaban J connectivity index is 1.68. The fourth-order valence-electron chi connectivity index (χ4n) is 4.59. The quantitative estimate of drug-likeness (QED) is 0.298. The molecular formula is C30H22N2. The Hall–Kier alpha value is -4.30. The Kier molecular flexibility index (Phi) is 4.29. The van der Waals surface area contributed by atoms with Gasteiger partial charge in [-0.1, -0.05) is 78.9 Å². The van der Waals surface area contributed by atoms with Gasteiger partial charge < -0.3 is 10.3 Å². The van der Waals surface area contributed by atoms with Gasteiger partial charge in [0, 0.05) is 22.1 Å². The van der Waals surface area contributed by atoms with Crippen molar-refractivity contribution in [1.82, 2.24) is 4.57 Å². The fraction of sp³-hybridized carbons (Fsp3) is 0. The van der Waals surface area contributed by atoms with E-state index >= 15 is 0 Å². The number of nitrogen functional groups attached to an aromatic ring is 1. The van der Waals surface area contributed by atoms with E-state index in [2.05, 4.69) is 108 Å². The van der Waals surface area contributed by atoms with Crippen LogP contribution in [0.25, 0.3) is 49.7 Å². The second-order valence-corrected chi connectivity index (χ2v) is 8.13. The van der Waals surface area contributed by atoms with Crippen molar-refractivity contribution in [3.8, 4) is 27.9 Å². The molecule has 1 heterocycles. The van der Waals surface area contributed by atoms with Crippen molar-refractivity contribution in [2.45, 2.75) is 0 Å². The minimum Gasteiger partial charge on any atom is -0.399 e. The largest absolute Gasteiger partial charge is 0.399 e. The maximum absolute atomic E-state index is 6.14. The Morgan fingerprint density at radius 3 is 1.47 bits per heavy atom. The second kappa shape index (κ2) is 7.44. The van der Waals surface area contributed by atoms with Gasteiger partial charge in [-0.2, -0.15) is 0 Å². The minimum absolute atomic E-state index is 0.763. The number of rotatable bonds is 3. The molecule has 0 aliphatic carbocycles. The lowest BCUT2D eigenvalue weighted by Crippen LogP contribution is -1.95. The molecule has 2 heteroatoms. The summed E-state index contributed by atoms with van der Waals surface area (Å²) in [7, 11) is 0. The molecule has 2 nitrogen and oxygen atoms in total. The van der Waals surface area contributed by atoms with E-state index in [0.29, 0.717) is 0 Å². The molecule has 0 bridgehead atoms. The Morgan fingerprint density at radius 1 is 0.438 bits per heavy atom. The average Bonchev–Trinajstić information content (AvgIpc) is 3.18. The lowest BCUT2D eigenvalue weighted by Gasteiger charge is -2.09. The van der Waals surface area contributed by atoms with Crippen LogP contribution in [-0.2, 0) is 0 Å². The predicted octanol–water partition coefficient (Wildman–Crippen LogP) is 7.70. The van der Waals surface area contributed by atoms with Crippen LogP contribution in [0.15, 0.2) is 121 Å². The smallest absolute Gasteiger partial charge is 0.0541 e. The van der Waals surface area contributed by atoms with Crippen molar-refractivity contribution < 1.29 is 0 Å². The van der Waals surface area contributed by atoms with Gasteiger partial charge >= 0.3 is 0 Å². The number of benzene rings is 5. The van der Waals surface area contributed by atoms with Crippen molar-refractivity contribution in [3.63, 3.8) is 0 Å². The number of hydrogen-bond acceptors (Lipinski definition) is 1.